The first-order valence-corrected chi connectivity index (χ1v) is 4.90. The second kappa shape index (κ2) is 4.23. The molecule has 0 saturated heterocycles. The normalized spacial score (nSPS) is 10.9. The maximum Gasteiger partial charge on any atom is 0.255 e. The van der Waals surface area contributed by atoms with E-state index < -0.39 is 0 Å². The summed E-state index contributed by atoms with van der Waals surface area (Å²) >= 11 is 0. The molecule has 2 aromatic rings. The van der Waals surface area contributed by atoms with Gasteiger partial charge in [-0.25, -0.2) is 0 Å². The molecule has 0 aliphatic heterocycles. The van der Waals surface area contributed by atoms with E-state index in [1.54, 1.807) is 31.5 Å². The fourth-order valence-corrected chi connectivity index (χ4v) is 1.48. The summed E-state index contributed by atoms with van der Waals surface area (Å²) in [6, 6.07) is 10.4. The van der Waals surface area contributed by atoms with Crippen LogP contribution in [0.1, 0.15) is 6.93 Å². The molecule has 0 radical (unpaired) electrons. The van der Waals surface area contributed by atoms with Crippen LogP contribution in [-0.4, -0.2) is 11.7 Å². The molecular formula is C13H13NO2. The molecule has 82 valence electrons. The first-order chi connectivity index (χ1) is 8.24. The van der Waals surface area contributed by atoms with Crippen molar-refractivity contribution < 1.29 is 6.11 Å². The van der Waals surface area contributed by atoms with Crippen molar-refractivity contribution in [1.82, 2.24) is 4.57 Å². The van der Waals surface area contributed by atoms with E-state index in [0.29, 0.717) is 0 Å². The smallest absolute Gasteiger partial charge is 0.255 e. The van der Waals surface area contributed by atoms with Crippen LogP contribution in [0.5, 0.6) is 5.75 Å². The van der Waals surface area contributed by atoms with E-state index in [2.05, 4.69) is 0 Å². The van der Waals surface area contributed by atoms with E-state index in [1.165, 1.54) is 10.6 Å². The average molecular weight is 216 g/mol. The lowest BCUT2D eigenvalue weighted by molar-refractivity contribution is 0.414. The SMILES string of the molecule is [2H]Cc1ccc(=O)n(-c2ccc(OC)cc2)c1. The fraction of sp³-hybridized carbons (Fsp3) is 0.154. The Morgan fingerprint density at radius 1 is 1.19 bits per heavy atom. The van der Waals surface area contributed by atoms with E-state index >= 15 is 0 Å². The predicted octanol–water partition coefficient (Wildman–Crippen LogP) is 2.15. The fourth-order valence-electron chi connectivity index (χ4n) is 1.48. The highest BCUT2D eigenvalue weighted by Gasteiger charge is 1.99. The number of methoxy groups -OCH3 is 1. The summed E-state index contributed by atoms with van der Waals surface area (Å²) in [7, 11) is 1.60. The monoisotopic (exact) mass is 216 g/mol. The lowest BCUT2D eigenvalue weighted by Gasteiger charge is -2.07. The van der Waals surface area contributed by atoms with Crippen LogP contribution in [0.25, 0.3) is 5.69 Å². The molecule has 0 unspecified atom stereocenters. The van der Waals surface area contributed by atoms with Gasteiger partial charge in [-0.1, -0.05) is 6.07 Å². The van der Waals surface area contributed by atoms with Gasteiger partial charge in [0.05, 0.1) is 7.11 Å². The van der Waals surface area contributed by atoms with Gasteiger partial charge < -0.3 is 4.74 Å². The largest absolute Gasteiger partial charge is 0.497 e. The van der Waals surface area contributed by atoms with E-state index in [4.69, 9.17) is 6.11 Å². The first kappa shape index (κ1) is 9.21. The van der Waals surface area contributed by atoms with Crippen molar-refractivity contribution in [2.75, 3.05) is 7.11 Å². The molecule has 0 aliphatic rings. The molecule has 1 heterocycles. The van der Waals surface area contributed by atoms with Gasteiger partial charge in [0.1, 0.15) is 5.75 Å². The molecule has 0 aliphatic carbocycles. The van der Waals surface area contributed by atoms with Crippen molar-refractivity contribution in [3.8, 4) is 11.4 Å². The Morgan fingerprint density at radius 2 is 1.94 bits per heavy atom. The second-order valence-electron chi connectivity index (χ2n) is 3.44. The zero-order valence-electron chi connectivity index (χ0n) is 10.0. The molecule has 1 aromatic heterocycles. The number of pyridine rings is 1. The van der Waals surface area contributed by atoms with Crippen molar-refractivity contribution in [3.05, 3.63) is 58.5 Å². The van der Waals surface area contributed by atoms with Gasteiger partial charge in [-0.15, -0.1) is 0 Å². The summed E-state index contributed by atoms with van der Waals surface area (Å²) < 4.78 is 13.9. The minimum atomic E-state index is -0.104. The molecule has 0 atom stereocenters. The number of benzene rings is 1. The molecule has 3 heteroatoms. The Balaban J connectivity index is 2.47. The number of nitrogens with zero attached hydrogens (tertiary/aromatic N) is 1. The van der Waals surface area contributed by atoms with E-state index in [9.17, 15) is 4.79 Å². The van der Waals surface area contributed by atoms with Crippen molar-refractivity contribution in [2.45, 2.75) is 6.90 Å². The molecule has 16 heavy (non-hydrogen) atoms. The predicted molar refractivity (Wildman–Crippen MR) is 63.3 cm³/mol. The minimum Gasteiger partial charge on any atom is -0.497 e. The van der Waals surface area contributed by atoms with Crippen molar-refractivity contribution in [3.63, 3.8) is 0 Å². The Morgan fingerprint density at radius 3 is 2.56 bits per heavy atom. The lowest BCUT2D eigenvalue weighted by Crippen LogP contribution is -2.16. The third-order valence-corrected chi connectivity index (χ3v) is 2.32. The highest BCUT2D eigenvalue weighted by molar-refractivity contribution is 5.38. The Hall–Kier alpha value is -2.03. The van der Waals surface area contributed by atoms with Crippen molar-refractivity contribution in [1.29, 1.82) is 0 Å². The third kappa shape index (κ3) is 1.98. The van der Waals surface area contributed by atoms with E-state index in [-0.39, 0.29) is 12.5 Å². The molecule has 1 aromatic carbocycles. The summed E-state index contributed by atoms with van der Waals surface area (Å²) in [5.74, 6) is 0.749. The van der Waals surface area contributed by atoms with Crippen LogP contribution in [0.3, 0.4) is 0 Å². The summed E-state index contributed by atoms with van der Waals surface area (Å²) in [6.45, 7) is 0.163. The van der Waals surface area contributed by atoms with Gasteiger partial charge in [0.15, 0.2) is 0 Å². The van der Waals surface area contributed by atoms with Gasteiger partial charge in [-0.3, -0.25) is 9.36 Å². The van der Waals surface area contributed by atoms with Gasteiger partial charge in [-0.2, -0.15) is 0 Å². The van der Waals surface area contributed by atoms with Gasteiger partial charge in [0.25, 0.3) is 5.56 Å². The molecule has 2 rings (SSSR count). The van der Waals surface area contributed by atoms with Gasteiger partial charge in [0, 0.05) is 19.3 Å². The van der Waals surface area contributed by atoms with Crippen LogP contribution in [0.4, 0.5) is 0 Å². The lowest BCUT2D eigenvalue weighted by atomic mass is 10.2. The van der Waals surface area contributed by atoms with Crippen LogP contribution in [0, 0.1) is 6.90 Å². The highest BCUT2D eigenvalue weighted by Crippen LogP contribution is 2.13. The third-order valence-electron chi connectivity index (χ3n) is 2.32. The van der Waals surface area contributed by atoms with Crippen LogP contribution in [0.2, 0.25) is 0 Å². The van der Waals surface area contributed by atoms with Gasteiger partial charge >= 0.3 is 0 Å². The summed E-state index contributed by atoms with van der Waals surface area (Å²) in [4.78, 5) is 11.7. The number of rotatable bonds is 2. The quantitative estimate of drug-likeness (QED) is 0.770. The van der Waals surface area contributed by atoms with Crippen LogP contribution in [-0.2, 0) is 0 Å². The molecule has 0 fully saturated rings. The molecule has 3 nitrogen and oxygen atoms in total. The Bertz CT molecular complexity index is 560. The summed E-state index contributed by atoms with van der Waals surface area (Å²) in [6.07, 6.45) is 1.69. The maximum atomic E-state index is 11.7. The maximum absolute atomic E-state index is 11.7. The van der Waals surface area contributed by atoms with Crippen LogP contribution in [0.15, 0.2) is 47.4 Å². The van der Waals surface area contributed by atoms with E-state index in [0.717, 1.165) is 17.0 Å². The summed E-state index contributed by atoms with van der Waals surface area (Å²) in [5, 5.41) is 0. The minimum absolute atomic E-state index is 0.104. The van der Waals surface area contributed by atoms with Crippen LogP contribution >= 0.6 is 0 Å². The Labute approximate surface area is 95.3 Å². The van der Waals surface area contributed by atoms with E-state index in [1.807, 2.05) is 12.1 Å². The number of hydrogen-bond donors (Lipinski definition) is 0. The number of aryl methyl sites for hydroxylation is 1. The zero-order chi connectivity index (χ0) is 12.3. The van der Waals surface area contributed by atoms with Gasteiger partial charge in [0.2, 0.25) is 0 Å². The highest BCUT2D eigenvalue weighted by atomic mass is 16.5. The molecule has 0 bridgehead atoms. The summed E-state index contributed by atoms with van der Waals surface area (Å²) in [5.41, 5.74) is 1.47. The Kier molecular flexibility index (Phi) is 2.43. The standard InChI is InChI=1S/C13H13NO2/c1-10-3-8-13(15)14(9-10)11-4-6-12(16-2)7-5-11/h3-9H,1-2H3/i1D. The molecular weight excluding hydrogens is 202 g/mol. The number of aromatic nitrogens is 1. The van der Waals surface area contributed by atoms with Crippen molar-refractivity contribution in [2.24, 2.45) is 0 Å². The number of ether oxygens (including phenoxy) is 1. The molecule has 0 saturated carbocycles. The topological polar surface area (TPSA) is 31.2 Å². The second-order valence-corrected chi connectivity index (χ2v) is 3.44. The molecule has 0 amide bonds. The van der Waals surface area contributed by atoms with Gasteiger partial charge in [-0.05, 0) is 36.7 Å². The zero-order valence-corrected chi connectivity index (χ0v) is 9.01. The van der Waals surface area contributed by atoms with Crippen molar-refractivity contribution >= 4 is 0 Å². The molecule has 0 spiro atoms. The molecule has 0 N–H and O–H groups in total. The van der Waals surface area contributed by atoms with Crippen LogP contribution < -0.4 is 10.3 Å². The number of hydrogen-bond acceptors (Lipinski definition) is 2. The first-order valence-electron chi connectivity index (χ1n) is 5.60. The average Bonchev–Trinajstić information content (AvgIpc) is 2.39.